The molecule has 5 nitrogen and oxygen atoms in total. The second-order valence-corrected chi connectivity index (χ2v) is 4.69. The fourth-order valence-electron chi connectivity index (χ4n) is 2.20. The van der Waals surface area contributed by atoms with Gasteiger partial charge in [0.05, 0.1) is 17.4 Å². The summed E-state index contributed by atoms with van der Waals surface area (Å²) in [5, 5.41) is 11.3. The molecule has 1 amide bonds. The third kappa shape index (κ3) is 3.54. The van der Waals surface area contributed by atoms with E-state index in [0.29, 0.717) is 13.0 Å². The largest absolute Gasteiger partial charge is 0.478 e. The fourth-order valence-corrected chi connectivity index (χ4v) is 2.20. The minimum Gasteiger partial charge on any atom is -0.478 e. The van der Waals surface area contributed by atoms with Crippen molar-refractivity contribution in [2.45, 2.75) is 31.8 Å². The van der Waals surface area contributed by atoms with Crippen LogP contribution in [-0.4, -0.2) is 29.7 Å². The molecular formula is C14H16FNO4. The zero-order valence-electron chi connectivity index (χ0n) is 10.9. The molecular weight excluding hydrogens is 265 g/mol. The maximum absolute atomic E-state index is 13.6. The van der Waals surface area contributed by atoms with Gasteiger partial charge in [0.15, 0.2) is 0 Å². The summed E-state index contributed by atoms with van der Waals surface area (Å²) in [6.07, 6.45) is 2.72. The summed E-state index contributed by atoms with van der Waals surface area (Å²) >= 11 is 0. The topological polar surface area (TPSA) is 75.6 Å². The van der Waals surface area contributed by atoms with Crippen LogP contribution < -0.4 is 5.32 Å². The van der Waals surface area contributed by atoms with Crippen LogP contribution >= 0.6 is 0 Å². The first kappa shape index (κ1) is 14.5. The Balaban J connectivity index is 1.98. The number of carboxylic acids is 1. The van der Waals surface area contributed by atoms with Gasteiger partial charge in [-0.15, -0.1) is 0 Å². The Labute approximate surface area is 115 Å². The third-order valence-corrected chi connectivity index (χ3v) is 3.23. The molecule has 0 aliphatic carbocycles. The second-order valence-electron chi connectivity index (χ2n) is 4.69. The number of para-hydroxylation sites is 1. The molecule has 2 rings (SSSR count). The van der Waals surface area contributed by atoms with Crippen molar-refractivity contribution < 1.29 is 23.8 Å². The summed E-state index contributed by atoms with van der Waals surface area (Å²) in [5.74, 6) is -2.44. The predicted molar refractivity (Wildman–Crippen MR) is 70.2 cm³/mol. The Morgan fingerprint density at radius 2 is 2.25 bits per heavy atom. The van der Waals surface area contributed by atoms with Gasteiger partial charge in [0.1, 0.15) is 5.82 Å². The standard InChI is InChI=1S/C14H16FNO4/c15-11-5-1-4-10(14(18)19)13(11)16-12(17)7-6-9-3-2-8-20-9/h1,4-5,9H,2-3,6-8H2,(H,16,17)(H,18,19). The Hall–Kier alpha value is -1.95. The van der Waals surface area contributed by atoms with E-state index in [1.807, 2.05) is 0 Å². The number of carbonyl (C=O) groups excluding carboxylic acids is 1. The molecule has 0 saturated carbocycles. The fraction of sp³-hybridized carbons (Fsp3) is 0.429. The number of amides is 1. The lowest BCUT2D eigenvalue weighted by molar-refractivity contribution is -0.116. The average molecular weight is 281 g/mol. The van der Waals surface area contributed by atoms with Gasteiger partial charge in [-0.3, -0.25) is 4.79 Å². The first-order valence-electron chi connectivity index (χ1n) is 6.51. The van der Waals surface area contributed by atoms with Gasteiger partial charge in [0, 0.05) is 13.0 Å². The van der Waals surface area contributed by atoms with Gasteiger partial charge in [0.2, 0.25) is 5.91 Å². The number of hydrogen-bond donors (Lipinski definition) is 2. The number of ether oxygens (including phenoxy) is 1. The molecule has 1 saturated heterocycles. The Morgan fingerprint density at radius 3 is 2.90 bits per heavy atom. The molecule has 1 aromatic rings. The summed E-state index contributed by atoms with van der Waals surface area (Å²) in [6.45, 7) is 0.711. The molecule has 0 aromatic heterocycles. The summed E-state index contributed by atoms with van der Waals surface area (Å²) in [4.78, 5) is 22.8. The molecule has 2 N–H and O–H groups in total. The highest BCUT2D eigenvalue weighted by atomic mass is 19.1. The normalized spacial score (nSPS) is 17.9. The minimum absolute atomic E-state index is 0.0697. The van der Waals surface area contributed by atoms with Crippen LogP contribution in [0.2, 0.25) is 0 Å². The molecule has 1 atom stereocenters. The number of hydrogen-bond acceptors (Lipinski definition) is 3. The number of rotatable bonds is 5. The minimum atomic E-state index is -1.28. The van der Waals surface area contributed by atoms with E-state index in [9.17, 15) is 14.0 Å². The third-order valence-electron chi connectivity index (χ3n) is 3.23. The lowest BCUT2D eigenvalue weighted by Crippen LogP contribution is -2.18. The molecule has 1 fully saturated rings. The summed E-state index contributed by atoms with van der Waals surface area (Å²) in [6, 6.07) is 3.66. The van der Waals surface area contributed by atoms with Crippen molar-refractivity contribution in [2.75, 3.05) is 11.9 Å². The second kappa shape index (κ2) is 6.47. The number of carbonyl (C=O) groups is 2. The van der Waals surface area contributed by atoms with E-state index in [2.05, 4.69) is 5.32 Å². The van der Waals surface area contributed by atoms with E-state index < -0.39 is 17.7 Å². The van der Waals surface area contributed by atoms with Crippen molar-refractivity contribution in [3.8, 4) is 0 Å². The van der Waals surface area contributed by atoms with Crippen LogP contribution in [0.15, 0.2) is 18.2 Å². The highest BCUT2D eigenvalue weighted by molar-refractivity contribution is 6.00. The molecule has 6 heteroatoms. The number of nitrogens with one attached hydrogen (secondary N) is 1. The smallest absolute Gasteiger partial charge is 0.337 e. The summed E-state index contributed by atoms with van der Waals surface area (Å²) < 4.78 is 19.0. The number of aromatic carboxylic acids is 1. The molecule has 1 unspecified atom stereocenters. The zero-order chi connectivity index (χ0) is 14.5. The molecule has 0 spiro atoms. The van der Waals surface area contributed by atoms with Crippen LogP contribution in [0.3, 0.4) is 0 Å². The van der Waals surface area contributed by atoms with E-state index in [4.69, 9.17) is 9.84 Å². The van der Waals surface area contributed by atoms with E-state index in [1.165, 1.54) is 12.1 Å². The Morgan fingerprint density at radius 1 is 1.45 bits per heavy atom. The lowest BCUT2D eigenvalue weighted by atomic mass is 10.1. The summed E-state index contributed by atoms with van der Waals surface area (Å²) in [7, 11) is 0. The van der Waals surface area contributed by atoms with Crippen molar-refractivity contribution in [3.63, 3.8) is 0 Å². The maximum Gasteiger partial charge on any atom is 0.337 e. The molecule has 1 aliphatic heterocycles. The summed E-state index contributed by atoms with van der Waals surface area (Å²) in [5.41, 5.74) is -0.534. The molecule has 0 radical (unpaired) electrons. The number of carboxylic acid groups (broad SMARTS) is 1. The van der Waals surface area contributed by atoms with Crippen molar-refractivity contribution in [1.82, 2.24) is 0 Å². The quantitative estimate of drug-likeness (QED) is 0.869. The monoisotopic (exact) mass is 281 g/mol. The average Bonchev–Trinajstić information content (AvgIpc) is 2.91. The van der Waals surface area contributed by atoms with Gasteiger partial charge in [-0.05, 0) is 31.4 Å². The van der Waals surface area contributed by atoms with Gasteiger partial charge in [-0.1, -0.05) is 6.07 Å². The molecule has 20 heavy (non-hydrogen) atoms. The van der Waals surface area contributed by atoms with E-state index in [-0.39, 0.29) is 23.8 Å². The van der Waals surface area contributed by atoms with Gasteiger partial charge in [0.25, 0.3) is 0 Å². The lowest BCUT2D eigenvalue weighted by Gasteiger charge is -2.11. The first-order chi connectivity index (χ1) is 9.58. The first-order valence-corrected chi connectivity index (χ1v) is 6.51. The Kier molecular flexibility index (Phi) is 4.68. The number of halogens is 1. The highest BCUT2D eigenvalue weighted by Gasteiger charge is 2.19. The van der Waals surface area contributed by atoms with E-state index >= 15 is 0 Å². The van der Waals surface area contributed by atoms with E-state index in [0.717, 1.165) is 18.9 Å². The molecule has 108 valence electrons. The van der Waals surface area contributed by atoms with Crippen LogP contribution in [0.5, 0.6) is 0 Å². The van der Waals surface area contributed by atoms with Gasteiger partial charge < -0.3 is 15.2 Å². The molecule has 1 aromatic carbocycles. The van der Waals surface area contributed by atoms with Gasteiger partial charge in [-0.2, -0.15) is 0 Å². The highest BCUT2D eigenvalue weighted by Crippen LogP contribution is 2.21. The van der Waals surface area contributed by atoms with Crippen LogP contribution in [-0.2, 0) is 9.53 Å². The van der Waals surface area contributed by atoms with Gasteiger partial charge >= 0.3 is 5.97 Å². The zero-order valence-corrected chi connectivity index (χ0v) is 10.9. The van der Waals surface area contributed by atoms with Crippen LogP contribution in [0.1, 0.15) is 36.0 Å². The molecule has 1 aliphatic rings. The molecule has 1 heterocycles. The number of anilines is 1. The maximum atomic E-state index is 13.6. The van der Waals surface area contributed by atoms with E-state index in [1.54, 1.807) is 0 Å². The molecule has 0 bridgehead atoms. The Bertz CT molecular complexity index is 512. The van der Waals surface area contributed by atoms with Crippen molar-refractivity contribution in [2.24, 2.45) is 0 Å². The van der Waals surface area contributed by atoms with Crippen molar-refractivity contribution in [1.29, 1.82) is 0 Å². The van der Waals surface area contributed by atoms with Gasteiger partial charge in [-0.25, -0.2) is 9.18 Å². The van der Waals surface area contributed by atoms with Crippen LogP contribution in [0.25, 0.3) is 0 Å². The SMILES string of the molecule is O=C(CCC1CCCO1)Nc1c(F)cccc1C(=O)O. The van der Waals surface area contributed by atoms with Crippen molar-refractivity contribution >= 4 is 17.6 Å². The predicted octanol–water partition coefficient (Wildman–Crippen LogP) is 2.42. The van der Waals surface area contributed by atoms with Crippen LogP contribution in [0, 0.1) is 5.82 Å². The number of benzene rings is 1. The van der Waals surface area contributed by atoms with Crippen molar-refractivity contribution in [3.05, 3.63) is 29.6 Å². The van der Waals surface area contributed by atoms with Crippen LogP contribution in [0.4, 0.5) is 10.1 Å².